The highest BCUT2D eigenvalue weighted by atomic mass is 19.1. The van der Waals surface area contributed by atoms with Crippen LogP contribution in [0.3, 0.4) is 0 Å². The quantitative estimate of drug-likeness (QED) is 0.355. The maximum atomic E-state index is 13.7. The van der Waals surface area contributed by atoms with Gasteiger partial charge in [-0.3, -0.25) is 9.59 Å². The first-order valence-electron chi connectivity index (χ1n) is 13.0. The molecule has 1 saturated carbocycles. The van der Waals surface area contributed by atoms with Gasteiger partial charge in [0, 0.05) is 23.6 Å². The zero-order valence-corrected chi connectivity index (χ0v) is 21.6. The number of benzene rings is 1. The Kier molecular flexibility index (Phi) is 8.43. The third-order valence-electron chi connectivity index (χ3n) is 7.48. The number of hydrogen-bond acceptors (Lipinski definition) is 6. The zero-order valence-electron chi connectivity index (χ0n) is 21.6. The van der Waals surface area contributed by atoms with Gasteiger partial charge in [-0.1, -0.05) is 26.2 Å². The predicted octanol–water partition coefficient (Wildman–Crippen LogP) is 4.32. The van der Waals surface area contributed by atoms with Gasteiger partial charge in [-0.25, -0.2) is 14.4 Å². The van der Waals surface area contributed by atoms with E-state index in [4.69, 9.17) is 5.41 Å². The molecule has 1 amide bonds. The Balaban J connectivity index is 1.62. The summed E-state index contributed by atoms with van der Waals surface area (Å²) in [4.78, 5) is 35.3. The summed E-state index contributed by atoms with van der Waals surface area (Å²) >= 11 is 0. The van der Waals surface area contributed by atoms with Crippen molar-refractivity contribution >= 4 is 28.3 Å². The van der Waals surface area contributed by atoms with E-state index in [2.05, 4.69) is 20.6 Å². The monoisotopic (exact) mass is 506 g/mol. The molecule has 0 saturated heterocycles. The number of rotatable bonds is 10. The molecule has 1 fully saturated rings. The number of carbonyl (C=O) groups is 2. The zero-order chi connectivity index (χ0) is 26.5. The molecule has 3 unspecified atom stereocenters. The number of nitrogens with one attached hydrogen (secondary N) is 3. The highest BCUT2D eigenvalue weighted by molar-refractivity contribution is 6.42. The second-order valence-electron chi connectivity index (χ2n) is 9.82. The number of amides is 1. The van der Waals surface area contributed by atoms with Crippen molar-refractivity contribution in [2.75, 3.05) is 7.05 Å². The Labute approximate surface area is 216 Å². The van der Waals surface area contributed by atoms with Crippen LogP contribution in [0.1, 0.15) is 64.0 Å². The predicted molar refractivity (Wildman–Crippen MR) is 142 cm³/mol. The van der Waals surface area contributed by atoms with E-state index in [1.165, 1.54) is 18.5 Å². The van der Waals surface area contributed by atoms with Gasteiger partial charge in [0.2, 0.25) is 5.91 Å². The van der Waals surface area contributed by atoms with Crippen molar-refractivity contribution < 1.29 is 14.0 Å². The highest BCUT2D eigenvalue weighted by Gasteiger charge is 2.36. The molecule has 1 aliphatic rings. The Morgan fingerprint density at radius 2 is 1.92 bits per heavy atom. The van der Waals surface area contributed by atoms with E-state index in [-0.39, 0.29) is 29.1 Å². The first kappa shape index (κ1) is 26.6. The van der Waals surface area contributed by atoms with E-state index in [1.54, 1.807) is 26.1 Å². The Morgan fingerprint density at radius 3 is 2.62 bits per heavy atom. The van der Waals surface area contributed by atoms with E-state index in [0.717, 1.165) is 43.0 Å². The van der Waals surface area contributed by atoms with Crippen LogP contribution in [0.5, 0.6) is 0 Å². The van der Waals surface area contributed by atoms with E-state index in [9.17, 15) is 14.0 Å². The van der Waals surface area contributed by atoms with Crippen LogP contribution in [-0.2, 0) is 9.59 Å². The molecular weight excluding hydrogens is 471 g/mol. The largest absolute Gasteiger partial charge is 0.344 e. The summed E-state index contributed by atoms with van der Waals surface area (Å²) < 4.78 is 15.5. The lowest BCUT2D eigenvalue weighted by atomic mass is 9.79. The van der Waals surface area contributed by atoms with Crippen LogP contribution in [0.2, 0.25) is 0 Å². The molecule has 37 heavy (non-hydrogen) atoms. The second-order valence-corrected chi connectivity index (χ2v) is 9.82. The number of Topliss-reactive ketones (excluding diaryl/α,β-unsaturated/α-hetero) is 1. The minimum Gasteiger partial charge on any atom is -0.344 e. The van der Waals surface area contributed by atoms with E-state index >= 15 is 0 Å². The van der Waals surface area contributed by atoms with Crippen LogP contribution < -0.4 is 10.6 Å². The fourth-order valence-electron chi connectivity index (χ4n) is 5.17. The third kappa shape index (κ3) is 5.77. The number of nitrogens with zero attached hydrogens (tertiary/aromatic N) is 3. The fraction of sp³-hybridized carbons (Fsp3) is 0.464. The Morgan fingerprint density at radius 1 is 1.16 bits per heavy atom. The maximum absolute atomic E-state index is 13.7. The molecule has 4 rings (SSSR count). The lowest BCUT2D eigenvalue weighted by Crippen LogP contribution is -2.53. The molecule has 8 nitrogen and oxygen atoms in total. The van der Waals surface area contributed by atoms with Crippen LogP contribution in [0.25, 0.3) is 16.7 Å². The fourth-order valence-corrected chi connectivity index (χ4v) is 5.17. The van der Waals surface area contributed by atoms with Gasteiger partial charge in [-0.2, -0.15) is 0 Å². The van der Waals surface area contributed by atoms with Crippen molar-refractivity contribution in [3.8, 4) is 5.82 Å². The summed E-state index contributed by atoms with van der Waals surface area (Å²) in [5.74, 6) is -0.858. The Hall–Kier alpha value is -3.46. The molecular formula is C28H35FN6O2. The third-order valence-corrected chi connectivity index (χ3v) is 7.48. The van der Waals surface area contributed by atoms with Crippen molar-refractivity contribution in [1.82, 2.24) is 25.2 Å². The normalized spacial score (nSPS) is 16.8. The molecule has 196 valence electrons. The highest BCUT2D eigenvalue weighted by Crippen LogP contribution is 2.30. The summed E-state index contributed by atoms with van der Waals surface area (Å²) in [5.41, 5.74) is 1.30. The molecule has 9 heteroatoms. The molecule has 1 aromatic carbocycles. The average Bonchev–Trinajstić information content (AvgIpc) is 3.34. The van der Waals surface area contributed by atoms with Gasteiger partial charge < -0.3 is 20.6 Å². The van der Waals surface area contributed by atoms with Gasteiger partial charge in [-0.15, -0.1) is 0 Å². The molecule has 0 spiro atoms. The molecule has 0 bridgehead atoms. The summed E-state index contributed by atoms with van der Waals surface area (Å²) in [5, 5.41) is 15.5. The van der Waals surface area contributed by atoms with E-state index in [1.807, 2.05) is 23.8 Å². The average molecular weight is 507 g/mol. The van der Waals surface area contributed by atoms with Gasteiger partial charge in [0.25, 0.3) is 0 Å². The number of carbonyl (C=O) groups excluding carboxylic acids is 2. The number of hydrogen-bond donors (Lipinski definition) is 3. The van der Waals surface area contributed by atoms with Crippen molar-refractivity contribution in [2.45, 2.75) is 70.4 Å². The van der Waals surface area contributed by atoms with Crippen LogP contribution in [0.15, 0.2) is 42.9 Å². The molecule has 2 heterocycles. The summed E-state index contributed by atoms with van der Waals surface area (Å²) in [6.07, 6.45) is 8.59. The molecule has 2 aromatic heterocycles. The Bertz CT molecular complexity index is 1280. The molecule has 0 aliphatic heterocycles. The van der Waals surface area contributed by atoms with E-state index < -0.39 is 18.0 Å². The van der Waals surface area contributed by atoms with E-state index in [0.29, 0.717) is 17.9 Å². The summed E-state index contributed by atoms with van der Waals surface area (Å²) in [6.45, 7) is 3.67. The molecule has 3 N–H and O–H groups in total. The SMILES string of the molecule is CCC(C(=N)C(=O)C(NC(=O)C(C)NC)C1CCCCC1)c1cc(-n2ccc3cc(F)ccc32)ncn1. The minimum atomic E-state index is -0.727. The van der Waals surface area contributed by atoms with Crippen LogP contribution >= 0.6 is 0 Å². The number of ketones is 1. The standard InChI is InChI=1S/C28H35FN6O2/c1-4-21(22-15-24(33-16-32-22)35-13-12-19-14-20(29)10-11-23(19)35)25(30)27(36)26(18-8-6-5-7-9-18)34-28(37)17(2)31-3/h10-18,21,26,30-31H,4-9H2,1-3H3,(H,34,37). The van der Waals surface area contributed by atoms with Gasteiger partial charge in [-0.05, 0) is 63.4 Å². The molecule has 1 aliphatic carbocycles. The summed E-state index contributed by atoms with van der Waals surface area (Å²) in [7, 11) is 1.70. The smallest absolute Gasteiger partial charge is 0.237 e. The van der Waals surface area contributed by atoms with Gasteiger partial charge >= 0.3 is 0 Å². The lowest BCUT2D eigenvalue weighted by molar-refractivity contribution is -0.127. The first-order chi connectivity index (χ1) is 17.8. The van der Waals surface area contributed by atoms with Gasteiger partial charge in [0.15, 0.2) is 5.78 Å². The number of halogens is 1. The molecule has 0 radical (unpaired) electrons. The number of aromatic nitrogens is 3. The van der Waals surface area contributed by atoms with Gasteiger partial charge in [0.1, 0.15) is 18.0 Å². The van der Waals surface area contributed by atoms with Crippen molar-refractivity contribution in [1.29, 1.82) is 5.41 Å². The molecule has 3 atom stereocenters. The number of fused-ring (bicyclic) bond motifs is 1. The van der Waals surface area contributed by atoms with Crippen molar-refractivity contribution in [3.05, 3.63) is 54.4 Å². The lowest BCUT2D eigenvalue weighted by Gasteiger charge is -2.31. The topological polar surface area (TPSA) is 113 Å². The van der Waals surface area contributed by atoms with Crippen LogP contribution in [-0.4, -0.2) is 51.1 Å². The molecule has 3 aromatic rings. The maximum Gasteiger partial charge on any atom is 0.237 e. The van der Waals surface area contributed by atoms with Gasteiger partial charge in [0.05, 0.1) is 29.0 Å². The minimum absolute atomic E-state index is 0.0136. The van der Waals surface area contributed by atoms with Crippen molar-refractivity contribution in [2.24, 2.45) is 5.92 Å². The van der Waals surface area contributed by atoms with Crippen LogP contribution in [0, 0.1) is 17.1 Å². The van der Waals surface area contributed by atoms with Crippen LogP contribution in [0.4, 0.5) is 4.39 Å². The summed E-state index contributed by atoms with van der Waals surface area (Å²) in [6, 6.07) is 6.98. The first-order valence-corrected chi connectivity index (χ1v) is 13.0. The number of likely N-dealkylation sites (N-methyl/N-ethyl adjacent to an activating group) is 1. The second kappa shape index (κ2) is 11.7. The van der Waals surface area contributed by atoms with Crippen molar-refractivity contribution in [3.63, 3.8) is 0 Å².